The molecule has 2 aromatic carbocycles. The van der Waals surface area contributed by atoms with Crippen LogP contribution in [0.1, 0.15) is 26.7 Å². The fraction of sp³-hybridized carbons (Fsp3) is 0.350. The number of rotatable bonds is 10. The van der Waals surface area contributed by atoms with Crippen LogP contribution in [-0.2, 0) is 4.79 Å². The first-order valence-electron chi connectivity index (χ1n) is 8.72. The van der Waals surface area contributed by atoms with E-state index in [2.05, 4.69) is 17.6 Å². The summed E-state index contributed by atoms with van der Waals surface area (Å²) >= 11 is 0. The van der Waals surface area contributed by atoms with Gasteiger partial charge in [0.05, 0.1) is 31.1 Å². The minimum absolute atomic E-state index is 0.143. The Kier molecular flexibility index (Phi) is 7.63. The summed E-state index contributed by atoms with van der Waals surface area (Å²) in [5.74, 6) is 1.29. The molecule has 0 heterocycles. The van der Waals surface area contributed by atoms with Gasteiger partial charge in [-0.25, -0.2) is 0 Å². The van der Waals surface area contributed by atoms with Gasteiger partial charge in [-0.05, 0) is 37.6 Å². The molecule has 0 radical (unpaired) electrons. The minimum Gasteiger partial charge on any atom is -0.492 e. The zero-order chi connectivity index (χ0) is 17.9. The summed E-state index contributed by atoms with van der Waals surface area (Å²) in [7, 11) is 0. The number of nitrogens with one attached hydrogen (secondary N) is 2. The Morgan fingerprint density at radius 1 is 0.920 bits per heavy atom. The lowest BCUT2D eigenvalue weighted by Crippen LogP contribution is -2.22. The lowest BCUT2D eigenvalue weighted by Gasteiger charge is -2.14. The van der Waals surface area contributed by atoms with Crippen LogP contribution >= 0.6 is 0 Å². The van der Waals surface area contributed by atoms with Crippen LogP contribution in [0.4, 0.5) is 11.4 Å². The lowest BCUT2D eigenvalue weighted by atomic mass is 10.2. The third-order valence-corrected chi connectivity index (χ3v) is 3.54. The zero-order valence-corrected chi connectivity index (χ0v) is 14.9. The van der Waals surface area contributed by atoms with E-state index in [1.54, 1.807) is 0 Å². The molecule has 0 unspecified atom stereocenters. The Bertz CT molecular complexity index is 673. The lowest BCUT2D eigenvalue weighted by molar-refractivity contribution is -0.114. The summed E-state index contributed by atoms with van der Waals surface area (Å²) in [5, 5.41) is 6.00. The van der Waals surface area contributed by atoms with Gasteiger partial charge in [-0.1, -0.05) is 37.6 Å². The molecule has 0 aliphatic carbocycles. The molecule has 25 heavy (non-hydrogen) atoms. The number of unbranched alkanes of at least 4 members (excludes halogenated alkanes) is 1. The number of para-hydroxylation sites is 4. The van der Waals surface area contributed by atoms with Gasteiger partial charge in [0.25, 0.3) is 0 Å². The molecule has 0 spiro atoms. The van der Waals surface area contributed by atoms with Gasteiger partial charge in [0.2, 0.25) is 5.91 Å². The van der Waals surface area contributed by atoms with Crippen molar-refractivity contribution in [2.45, 2.75) is 26.7 Å². The van der Waals surface area contributed by atoms with Crippen LogP contribution in [0.25, 0.3) is 0 Å². The van der Waals surface area contributed by atoms with Crippen LogP contribution in [0, 0.1) is 0 Å². The summed E-state index contributed by atoms with van der Waals surface area (Å²) in [5.41, 5.74) is 1.48. The van der Waals surface area contributed by atoms with Crippen molar-refractivity contribution < 1.29 is 14.3 Å². The number of carbonyl (C=O) groups excluding carboxylic acids is 1. The van der Waals surface area contributed by atoms with E-state index in [9.17, 15) is 4.79 Å². The Hall–Kier alpha value is -2.69. The van der Waals surface area contributed by atoms with Gasteiger partial charge in [-0.2, -0.15) is 0 Å². The van der Waals surface area contributed by atoms with Crippen molar-refractivity contribution in [1.82, 2.24) is 0 Å². The number of amides is 1. The molecule has 1 amide bonds. The van der Waals surface area contributed by atoms with E-state index in [0.29, 0.717) is 24.7 Å². The molecular formula is C20H26N2O3. The maximum absolute atomic E-state index is 12.2. The van der Waals surface area contributed by atoms with Crippen molar-refractivity contribution in [1.29, 1.82) is 0 Å². The van der Waals surface area contributed by atoms with E-state index in [1.807, 2.05) is 55.5 Å². The van der Waals surface area contributed by atoms with E-state index < -0.39 is 0 Å². The summed E-state index contributed by atoms with van der Waals surface area (Å²) in [4.78, 5) is 12.2. The highest BCUT2D eigenvalue weighted by atomic mass is 16.5. The average molecular weight is 342 g/mol. The van der Waals surface area contributed by atoms with E-state index in [0.717, 1.165) is 24.3 Å². The molecule has 0 fully saturated rings. The van der Waals surface area contributed by atoms with Gasteiger partial charge in [0, 0.05) is 0 Å². The molecule has 0 saturated heterocycles. The molecule has 0 atom stereocenters. The first kappa shape index (κ1) is 18.6. The highest BCUT2D eigenvalue weighted by Gasteiger charge is 2.09. The van der Waals surface area contributed by atoms with Crippen molar-refractivity contribution in [2.75, 3.05) is 30.4 Å². The summed E-state index contributed by atoms with van der Waals surface area (Å²) in [6.45, 7) is 5.40. The van der Waals surface area contributed by atoms with Gasteiger partial charge in [-0.3, -0.25) is 4.79 Å². The van der Waals surface area contributed by atoms with Crippen molar-refractivity contribution in [2.24, 2.45) is 0 Å². The fourth-order valence-corrected chi connectivity index (χ4v) is 2.29. The Balaban J connectivity index is 1.92. The highest BCUT2D eigenvalue weighted by Crippen LogP contribution is 2.25. The molecule has 0 aliphatic heterocycles. The number of carbonyl (C=O) groups is 1. The summed E-state index contributed by atoms with van der Waals surface area (Å²) < 4.78 is 11.3. The third-order valence-electron chi connectivity index (χ3n) is 3.54. The molecule has 0 bridgehead atoms. The van der Waals surface area contributed by atoms with Gasteiger partial charge >= 0.3 is 0 Å². The SMILES string of the molecule is CCCCOc1ccccc1NCC(=O)Nc1ccccc1OCC. The van der Waals surface area contributed by atoms with Crippen LogP contribution in [0.3, 0.4) is 0 Å². The molecule has 5 heteroatoms. The maximum Gasteiger partial charge on any atom is 0.243 e. The molecule has 2 aromatic rings. The number of anilines is 2. The minimum atomic E-state index is -0.143. The second-order valence-electron chi connectivity index (χ2n) is 5.53. The first-order chi connectivity index (χ1) is 12.2. The molecule has 0 aromatic heterocycles. The average Bonchev–Trinajstić information content (AvgIpc) is 2.63. The van der Waals surface area contributed by atoms with E-state index >= 15 is 0 Å². The molecular weight excluding hydrogens is 316 g/mol. The third kappa shape index (κ3) is 6.03. The van der Waals surface area contributed by atoms with Crippen molar-refractivity contribution in [3.8, 4) is 11.5 Å². The van der Waals surface area contributed by atoms with E-state index in [-0.39, 0.29) is 12.5 Å². The van der Waals surface area contributed by atoms with Crippen LogP contribution in [0.5, 0.6) is 11.5 Å². The normalized spacial score (nSPS) is 10.2. The van der Waals surface area contributed by atoms with E-state index in [4.69, 9.17) is 9.47 Å². The number of hydrogen-bond donors (Lipinski definition) is 2. The highest BCUT2D eigenvalue weighted by molar-refractivity contribution is 5.95. The Morgan fingerprint density at radius 2 is 1.56 bits per heavy atom. The van der Waals surface area contributed by atoms with Crippen LogP contribution in [0.2, 0.25) is 0 Å². The van der Waals surface area contributed by atoms with Crippen molar-refractivity contribution in [3.05, 3.63) is 48.5 Å². The first-order valence-corrected chi connectivity index (χ1v) is 8.72. The molecule has 134 valence electrons. The molecule has 0 aliphatic rings. The largest absolute Gasteiger partial charge is 0.492 e. The van der Waals surface area contributed by atoms with Gasteiger partial charge in [0.15, 0.2) is 0 Å². The molecule has 2 rings (SSSR count). The topological polar surface area (TPSA) is 59.6 Å². The Labute approximate surface area is 149 Å². The quantitative estimate of drug-likeness (QED) is 0.632. The van der Waals surface area contributed by atoms with Gasteiger partial charge in [-0.15, -0.1) is 0 Å². The second-order valence-corrected chi connectivity index (χ2v) is 5.53. The standard InChI is InChI=1S/C20H26N2O3/c1-3-5-14-25-18-12-8-6-10-16(18)21-15-20(23)22-17-11-7-9-13-19(17)24-4-2/h6-13,21H,3-5,14-15H2,1-2H3,(H,22,23). The molecule has 2 N–H and O–H groups in total. The van der Waals surface area contributed by atoms with Crippen LogP contribution in [-0.4, -0.2) is 25.7 Å². The summed E-state index contributed by atoms with van der Waals surface area (Å²) in [6.07, 6.45) is 2.08. The van der Waals surface area contributed by atoms with Gasteiger partial charge < -0.3 is 20.1 Å². The predicted molar refractivity (Wildman–Crippen MR) is 102 cm³/mol. The van der Waals surface area contributed by atoms with E-state index in [1.165, 1.54) is 0 Å². The monoisotopic (exact) mass is 342 g/mol. The number of ether oxygens (including phenoxy) is 2. The van der Waals surface area contributed by atoms with Crippen LogP contribution in [0.15, 0.2) is 48.5 Å². The van der Waals surface area contributed by atoms with Crippen molar-refractivity contribution >= 4 is 17.3 Å². The smallest absolute Gasteiger partial charge is 0.243 e. The predicted octanol–water partition coefficient (Wildman–Crippen LogP) is 4.31. The molecule has 0 saturated carbocycles. The number of hydrogen-bond acceptors (Lipinski definition) is 4. The Morgan fingerprint density at radius 3 is 2.24 bits per heavy atom. The maximum atomic E-state index is 12.2. The van der Waals surface area contributed by atoms with Crippen LogP contribution < -0.4 is 20.1 Å². The zero-order valence-electron chi connectivity index (χ0n) is 14.9. The fourth-order valence-electron chi connectivity index (χ4n) is 2.29. The summed E-state index contributed by atoms with van der Waals surface area (Å²) in [6, 6.07) is 15.0. The second kappa shape index (κ2) is 10.2. The number of benzene rings is 2. The van der Waals surface area contributed by atoms with Crippen molar-refractivity contribution in [3.63, 3.8) is 0 Å². The molecule has 5 nitrogen and oxygen atoms in total. The van der Waals surface area contributed by atoms with Gasteiger partial charge in [0.1, 0.15) is 11.5 Å².